The lowest BCUT2D eigenvalue weighted by molar-refractivity contribution is 0.0626. The number of hydrogen-bond acceptors (Lipinski definition) is 5. The molecule has 1 saturated carbocycles. The fourth-order valence-corrected chi connectivity index (χ4v) is 1.80. The number of ether oxygens (including phenoxy) is 1. The van der Waals surface area contributed by atoms with Crippen LogP contribution in [-0.4, -0.2) is 42.2 Å². The summed E-state index contributed by atoms with van der Waals surface area (Å²) in [6.45, 7) is 2.32. The highest BCUT2D eigenvalue weighted by Gasteiger charge is 2.30. The number of oxazole rings is 1. The number of aromatic nitrogens is 1. The maximum absolute atomic E-state index is 12.1. The summed E-state index contributed by atoms with van der Waals surface area (Å²) in [6, 6.07) is 0. The second-order valence-corrected chi connectivity index (χ2v) is 4.31. The fourth-order valence-electron chi connectivity index (χ4n) is 1.80. The molecule has 1 aromatic rings. The van der Waals surface area contributed by atoms with Crippen LogP contribution in [0.1, 0.15) is 35.2 Å². The summed E-state index contributed by atoms with van der Waals surface area (Å²) in [7, 11) is 0. The zero-order chi connectivity index (χ0) is 11.7. The molecule has 1 aromatic heterocycles. The molecule has 92 valence electrons. The maximum atomic E-state index is 12.1. The van der Waals surface area contributed by atoms with Crippen molar-refractivity contribution in [2.75, 3.05) is 26.3 Å². The average Bonchev–Trinajstić information content (AvgIpc) is 3.13. The van der Waals surface area contributed by atoms with Crippen molar-refractivity contribution in [1.29, 1.82) is 0 Å². The largest absolute Gasteiger partial charge is 0.435 e. The smallest absolute Gasteiger partial charge is 0.305 e. The summed E-state index contributed by atoms with van der Waals surface area (Å²) >= 11 is 0. The van der Waals surface area contributed by atoms with Gasteiger partial charge in [-0.1, -0.05) is 0 Å². The number of amides is 1. The molecule has 0 atom stereocenters. The zero-order valence-electron chi connectivity index (χ0n) is 9.52. The molecule has 2 heterocycles. The maximum Gasteiger partial charge on any atom is 0.305 e. The minimum Gasteiger partial charge on any atom is -0.435 e. The van der Waals surface area contributed by atoms with Gasteiger partial charge in [-0.3, -0.25) is 9.80 Å². The molecule has 6 nitrogen and oxygen atoms in total. The minimum absolute atomic E-state index is 0.171. The monoisotopic (exact) mass is 237 g/mol. The molecule has 0 unspecified atom stereocenters. The van der Waals surface area contributed by atoms with Crippen LogP contribution < -0.4 is 5.43 Å². The number of hydrazine groups is 1. The first-order chi connectivity index (χ1) is 8.34. The Morgan fingerprint density at radius 2 is 2.35 bits per heavy atom. The highest BCUT2D eigenvalue weighted by atomic mass is 16.5. The van der Waals surface area contributed by atoms with Gasteiger partial charge in [0.2, 0.25) is 5.76 Å². The van der Waals surface area contributed by atoms with Gasteiger partial charge in [-0.2, -0.15) is 0 Å². The van der Waals surface area contributed by atoms with Crippen LogP contribution >= 0.6 is 0 Å². The topological polar surface area (TPSA) is 67.6 Å². The Morgan fingerprint density at radius 1 is 1.47 bits per heavy atom. The van der Waals surface area contributed by atoms with E-state index in [1.54, 1.807) is 0 Å². The zero-order valence-corrected chi connectivity index (χ0v) is 9.52. The van der Waals surface area contributed by atoms with Crippen molar-refractivity contribution in [2.45, 2.75) is 18.8 Å². The third-order valence-electron chi connectivity index (χ3n) is 2.91. The van der Waals surface area contributed by atoms with Gasteiger partial charge in [0.1, 0.15) is 0 Å². The van der Waals surface area contributed by atoms with E-state index in [2.05, 4.69) is 10.4 Å². The SMILES string of the molecule is O=C(c1cnc(C2CC2)o1)N1CCOCCN1. The first-order valence-electron chi connectivity index (χ1n) is 5.93. The molecule has 1 N–H and O–H groups in total. The van der Waals surface area contributed by atoms with Crippen molar-refractivity contribution in [3.05, 3.63) is 17.8 Å². The van der Waals surface area contributed by atoms with Crippen LogP contribution in [0.3, 0.4) is 0 Å². The van der Waals surface area contributed by atoms with Gasteiger partial charge in [0.05, 0.1) is 26.0 Å². The molecule has 1 aliphatic carbocycles. The Balaban J connectivity index is 1.70. The van der Waals surface area contributed by atoms with Gasteiger partial charge in [-0.25, -0.2) is 10.4 Å². The van der Waals surface area contributed by atoms with Crippen LogP contribution in [0.2, 0.25) is 0 Å². The Morgan fingerprint density at radius 3 is 3.18 bits per heavy atom. The van der Waals surface area contributed by atoms with Crippen LogP contribution in [0, 0.1) is 0 Å². The van der Waals surface area contributed by atoms with Crippen molar-refractivity contribution in [3.8, 4) is 0 Å². The molecule has 0 aromatic carbocycles. The van der Waals surface area contributed by atoms with Gasteiger partial charge in [0.25, 0.3) is 0 Å². The molecule has 2 aliphatic rings. The van der Waals surface area contributed by atoms with Gasteiger partial charge in [0.15, 0.2) is 5.89 Å². The second kappa shape index (κ2) is 4.46. The van der Waals surface area contributed by atoms with Crippen molar-refractivity contribution in [3.63, 3.8) is 0 Å². The summed E-state index contributed by atoms with van der Waals surface area (Å²) in [6.07, 6.45) is 3.75. The van der Waals surface area contributed by atoms with E-state index in [1.807, 2.05) is 0 Å². The summed E-state index contributed by atoms with van der Waals surface area (Å²) in [4.78, 5) is 16.2. The lowest BCUT2D eigenvalue weighted by atomic mass is 10.4. The molecule has 1 amide bonds. The molecule has 6 heteroatoms. The summed E-state index contributed by atoms with van der Waals surface area (Å²) in [5.41, 5.74) is 3.00. The summed E-state index contributed by atoms with van der Waals surface area (Å²) in [5.74, 6) is 1.26. The van der Waals surface area contributed by atoms with Gasteiger partial charge < -0.3 is 9.15 Å². The second-order valence-electron chi connectivity index (χ2n) is 4.31. The third-order valence-corrected chi connectivity index (χ3v) is 2.91. The first-order valence-corrected chi connectivity index (χ1v) is 5.93. The number of hydrogen-bond donors (Lipinski definition) is 1. The van der Waals surface area contributed by atoms with E-state index in [0.29, 0.717) is 43.9 Å². The minimum atomic E-state index is -0.171. The Kier molecular flexibility index (Phi) is 2.82. The number of nitrogens with zero attached hydrogens (tertiary/aromatic N) is 2. The first kappa shape index (κ1) is 10.7. The Hall–Kier alpha value is -1.40. The highest BCUT2D eigenvalue weighted by molar-refractivity contribution is 5.90. The molecule has 1 saturated heterocycles. The standard InChI is InChI=1S/C11H15N3O3/c15-11(14-4-6-16-5-3-13-14)9-7-12-10(17-9)8-1-2-8/h7-8,13H,1-6H2. The Bertz CT molecular complexity index is 406. The lowest BCUT2D eigenvalue weighted by Crippen LogP contribution is -2.43. The third kappa shape index (κ3) is 2.32. The van der Waals surface area contributed by atoms with Crippen LogP contribution in [0.15, 0.2) is 10.6 Å². The van der Waals surface area contributed by atoms with Crippen LogP contribution in [0.5, 0.6) is 0 Å². The fraction of sp³-hybridized carbons (Fsp3) is 0.636. The molecule has 17 heavy (non-hydrogen) atoms. The van der Waals surface area contributed by atoms with Crippen molar-refractivity contribution >= 4 is 5.91 Å². The van der Waals surface area contributed by atoms with Gasteiger partial charge in [0, 0.05) is 12.5 Å². The van der Waals surface area contributed by atoms with Crippen LogP contribution in [0.4, 0.5) is 0 Å². The predicted octanol–water partition coefficient (Wildman–Crippen LogP) is 0.529. The van der Waals surface area contributed by atoms with E-state index >= 15 is 0 Å². The lowest BCUT2D eigenvalue weighted by Gasteiger charge is -2.18. The highest BCUT2D eigenvalue weighted by Crippen LogP contribution is 2.39. The summed E-state index contributed by atoms with van der Waals surface area (Å²) < 4.78 is 10.7. The molecule has 0 radical (unpaired) electrons. The van der Waals surface area contributed by atoms with E-state index < -0.39 is 0 Å². The molecule has 1 aliphatic heterocycles. The average molecular weight is 237 g/mol. The molecule has 3 rings (SSSR count). The van der Waals surface area contributed by atoms with E-state index in [9.17, 15) is 4.79 Å². The van der Waals surface area contributed by atoms with Crippen LogP contribution in [0.25, 0.3) is 0 Å². The van der Waals surface area contributed by atoms with Crippen LogP contribution in [-0.2, 0) is 4.74 Å². The van der Waals surface area contributed by atoms with Crippen molar-refractivity contribution in [1.82, 2.24) is 15.4 Å². The molecule has 2 fully saturated rings. The van der Waals surface area contributed by atoms with Crippen molar-refractivity contribution < 1.29 is 13.9 Å². The van der Waals surface area contributed by atoms with E-state index in [1.165, 1.54) is 11.2 Å². The molecule has 0 spiro atoms. The van der Waals surface area contributed by atoms with E-state index in [-0.39, 0.29) is 5.91 Å². The predicted molar refractivity (Wildman–Crippen MR) is 58.3 cm³/mol. The van der Waals surface area contributed by atoms with Gasteiger partial charge >= 0.3 is 5.91 Å². The van der Waals surface area contributed by atoms with Gasteiger partial charge in [-0.05, 0) is 12.8 Å². The molecular formula is C11H15N3O3. The normalized spacial score (nSPS) is 21.3. The number of carbonyl (C=O) groups is 1. The molecule has 0 bridgehead atoms. The number of carbonyl (C=O) groups excluding carboxylic acids is 1. The quantitative estimate of drug-likeness (QED) is 0.812. The molecular weight excluding hydrogens is 222 g/mol. The van der Waals surface area contributed by atoms with Gasteiger partial charge in [-0.15, -0.1) is 0 Å². The van der Waals surface area contributed by atoms with Crippen molar-refractivity contribution in [2.24, 2.45) is 0 Å². The Labute approximate surface area is 98.9 Å². The van der Waals surface area contributed by atoms with E-state index in [0.717, 1.165) is 12.8 Å². The van der Waals surface area contributed by atoms with E-state index in [4.69, 9.17) is 9.15 Å². The summed E-state index contributed by atoms with van der Waals surface area (Å²) in [5, 5.41) is 1.53. The number of rotatable bonds is 2. The number of nitrogens with one attached hydrogen (secondary N) is 1.